The SMILES string of the molecule is Cc1cc(Cl)nc(Cl)c1NCc1cc(Cl)ccc1Br. The van der Waals surface area contributed by atoms with Crippen LogP contribution >= 0.6 is 50.7 Å². The Bertz CT molecular complexity index is 594. The van der Waals surface area contributed by atoms with Crippen molar-refractivity contribution in [2.45, 2.75) is 13.5 Å². The molecule has 1 aromatic heterocycles. The molecule has 6 heteroatoms. The number of aromatic nitrogens is 1. The van der Waals surface area contributed by atoms with Crippen LogP contribution in [0.4, 0.5) is 5.69 Å². The van der Waals surface area contributed by atoms with Crippen molar-refractivity contribution in [1.29, 1.82) is 0 Å². The van der Waals surface area contributed by atoms with Gasteiger partial charge in [0.15, 0.2) is 5.15 Å². The number of anilines is 1. The van der Waals surface area contributed by atoms with E-state index in [9.17, 15) is 0 Å². The quantitative estimate of drug-likeness (QED) is 0.689. The maximum absolute atomic E-state index is 6.08. The van der Waals surface area contributed by atoms with Crippen molar-refractivity contribution in [1.82, 2.24) is 4.98 Å². The molecule has 2 aromatic rings. The summed E-state index contributed by atoms with van der Waals surface area (Å²) < 4.78 is 0.986. The van der Waals surface area contributed by atoms with E-state index >= 15 is 0 Å². The first-order valence-corrected chi connectivity index (χ1v) is 7.40. The van der Waals surface area contributed by atoms with Crippen molar-refractivity contribution in [2.24, 2.45) is 0 Å². The third kappa shape index (κ3) is 3.76. The van der Waals surface area contributed by atoms with E-state index < -0.39 is 0 Å². The molecule has 0 saturated carbocycles. The number of pyridine rings is 1. The van der Waals surface area contributed by atoms with Crippen LogP contribution in [0.15, 0.2) is 28.7 Å². The molecule has 19 heavy (non-hydrogen) atoms. The van der Waals surface area contributed by atoms with Crippen LogP contribution in [0.2, 0.25) is 15.3 Å². The molecule has 0 fully saturated rings. The van der Waals surface area contributed by atoms with Crippen molar-refractivity contribution in [3.05, 3.63) is 55.2 Å². The summed E-state index contributed by atoms with van der Waals surface area (Å²) >= 11 is 21.4. The summed E-state index contributed by atoms with van der Waals surface area (Å²) in [6.07, 6.45) is 0. The molecule has 0 aliphatic carbocycles. The standard InChI is InChI=1S/C13H10BrCl3N2/c1-7-4-11(16)19-13(17)12(7)18-6-8-5-9(15)2-3-10(8)14/h2-5,18H,6H2,1H3. The fraction of sp³-hybridized carbons (Fsp3) is 0.154. The smallest absolute Gasteiger partial charge is 0.154 e. The average Bonchev–Trinajstić information content (AvgIpc) is 2.32. The minimum Gasteiger partial charge on any atom is -0.378 e. The number of nitrogens with one attached hydrogen (secondary N) is 1. The molecule has 0 amide bonds. The molecule has 100 valence electrons. The summed E-state index contributed by atoms with van der Waals surface area (Å²) in [5.41, 5.74) is 2.76. The summed E-state index contributed by atoms with van der Waals surface area (Å²) in [5.74, 6) is 0. The van der Waals surface area contributed by atoms with E-state index in [1.807, 2.05) is 25.1 Å². The van der Waals surface area contributed by atoms with Crippen LogP contribution in [0, 0.1) is 6.92 Å². The fourth-order valence-corrected chi connectivity index (χ4v) is 2.85. The first kappa shape index (κ1) is 14.9. The summed E-state index contributed by atoms with van der Waals surface area (Å²) in [6.45, 7) is 2.51. The number of benzene rings is 1. The number of halogens is 4. The topological polar surface area (TPSA) is 24.9 Å². The lowest BCUT2D eigenvalue weighted by Crippen LogP contribution is -2.03. The van der Waals surface area contributed by atoms with Crippen LogP contribution in [-0.2, 0) is 6.54 Å². The monoisotopic (exact) mass is 378 g/mol. The van der Waals surface area contributed by atoms with E-state index in [-0.39, 0.29) is 0 Å². The molecule has 1 heterocycles. The number of hydrogen-bond donors (Lipinski definition) is 1. The summed E-state index contributed by atoms with van der Waals surface area (Å²) in [4.78, 5) is 4.02. The number of hydrogen-bond acceptors (Lipinski definition) is 2. The van der Waals surface area contributed by atoms with Crippen LogP contribution < -0.4 is 5.32 Å². The zero-order valence-corrected chi connectivity index (χ0v) is 13.8. The van der Waals surface area contributed by atoms with Gasteiger partial charge in [0.05, 0.1) is 5.69 Å². The van der Waals surface area contributed by atoms with Crippen molar-refractivity contribution < 1.29 is 0 Å². The molecule has 0 aliphatic rings. The molecule has 0 radical (unpaired) electrons. The molecule has 0 bridgehead atoms. The minimum atomic E-state index is 0.364. The van der Waals surface area contributed by atoms with Crippen molar-refractivity contribution >= 4 is 56.4 Å². The van der Waals surface area contributed by atoms with E-state index in [0.29, 0.717) is 21.9 Å². The first-order valence-electron chi connectivity index (χ1n) is 5.48. The van der Waals surface area contributed by atoms with Crippen molar-refractivity contribution in [2.75, 3.05) is 5.32 Å². The highest BCUT2D eigenvalue weighted by atomic mass is 79.9. The summed E-state index contributed by atoms with van der Waals surface area (Å²) in [5, 5.41) is 4.69. The Labute approximate surface area is 135 Å². The molecule has 0 aliphatic heterocycles. The minimum absolute atomic E-state index is 0.364. The number of rotatable bonds is 3. The lowest BCUT2D eigenvalue weighted by atomic mass is 10.2. The normalized spacial score (nSPS) is 10.6. The van der Waals surface area contributed by atoms with E-state index in [1.54, 1.807) is 6.07 Å². The highest BCUT2D eigenvalue weighted by molar-refractivity contribution is 9.10. The second kappa shape index (κ2) is 6.31. The third-order valence-corrected chi connectivity index (χ3v) is 4.08. The van der Waals surface area contributed by atoms with Crippen LogP contribution in [0.1, 0.15) is 11.1 Å². The maximum Gasteiger partial charge on any atom is 0.154 e. The Balaban J connectivity index is 2.21. The van der Waals surface area contributed by atoms with Gasteiger partial charge in [0.25, 0.3) is 0 Å². The van der Waals surface area contributed by atoms with Crippen LogP contribution in [-0.4, -0.2) is 4.98 Å². The van der Waals surface area contributed by atoms with E-state index in [2.05, 4.69) is 26.2 Å². The zero-order chi connectivity index (χ0) is 14.0. The fourth-order valence-electron chi connectivity index (χ4n) is 1.67. The van der Waals surface area contributed by atoms with E-state index in [1.165, 1.54) is 0 Å². The molecular formula is C13H10BrCl3N2. The Morgan fingerprint density at radius 1 is 1.21 bits per heavy atom. The third-order valence-electron chi connectivity index (χ3n) is 2.60. The van der Waals surface area contributed by atoms with Gasteiger partial charge in [-0.1, -0.05) is 50.7 Å². The Morgan fingerprint density at radius 2 is 1.95 bits per heavy atom. The molecule has 0 atom stereocenters. The summed E-state index contributed by atoms with van der Waals surface area (Å²) in [7, 11) is 0. The zero-order valence-electron chi connectivity index (χ0n) is 9.98. The molecule has 2 nitrogen and oxygen atoms in total. The van der Waals surface area contributed by atoms with Gasteiger partial charge in [0.2, 0.25) is 0 Å². The van der Waals surface area contributed by atoms with E-state index in [4.69, 9.17) is 34.8 Å². The van der Waals surface area contributed by atoms with Crippen LogP contribution in [0.25, 0.3) is 0 Å². The molecule has 1 N–H and O–H groups in total. The Hall–Kier alpha value is -0.480. The Morgan fingerprint density at radius 3 is 2.63 bits per heavy atom. The number of aryl methyl sites for hydroxylation is 1. The first-order chi connectivity index (χ1) is 8.97. The average molecular weight is 381 g/mol. The summed E-state index contributed by atoms with van der Waals surface area (Å²) in [6, 6.07) is 7.40. The van der Waals surface area contributed by atoms with Gasteiger partial charge in [-0.3, -0.25) is 0 Å². The number of nitrogens with zero attached hydrogens (tertiary/aromatic N) is 1. The Kier molecular flexibility index (Phi) is 4.96. The van der Waals surface area contributed by atoms with Gasteiger partial charge in [0.1, 0.15) is 5.15 Å². The second-order valence-electron chi connectivity index (χ2n) is 4.02. The maximum atomic E-state index is 6.08. The highest BCUT2D eigenvalue weighted by Crippen LogP contribution is 2.28. The van der Waals surface area contributed by atoms with Gasteiger partial charge in [-0.15, -0.1) is 0 Å². The van der Waals surface area contributed by atoms with Crippen molar-refractivity contribution in [3.63, 3.8) is 0 Å². The van der Waals surface area contributed by atoms with Gasteiger partial charge < -0.3 is 5.32 Å². The molecule has 0 saturated heterocycles. The highest BCUT2D eigenvalue weighted by Gasteiger charge is 2.08. The van der Waals surface area contributed by atoms with Crippen molar-refractivity contribution in [3.8, 4) is 0 Å². The largest absolute Gasteiger partial charge is 0.378 e. The van der Waals surface area contributed by atoms with Crippen LogP contribution in [0.5, 0.6) is 0 Å². The molecule has 0 unspecified atom stereocenters. The van der Waals surface area contributed by atoms with Gasteiger partial charge in [-0.05, 0) is 42.3 Å². The molecule has 2 rings (SSSR count). The lowest BCUT2D eigenvalue weighted by Gasteiger charge is -2.12. The van der Waals surface area contributed by atoms with Gasteiger partial charge in [-0.2, -0.15) is 0 Å². The predicted molar refractivity (Wildman–Crippen MR) is 85.5 cm³/mol. The molecule has 0 spiro atoms. The second-order valence-corrected chi connectivity index (χ2v) is 6.05. The van der Waals surface area contributed by atoms with Gasteiger partial charge >= 0.3 is 0 Å². The van der Waals surface area contributed by atoms with E-state index in [0.717, 1.165) is 21.3 Å². The predicted octanol–water partition coefficient (Wildman–Crippen LogP) is 5.72. The van der Waals surface area contributed by atoms with Crippen LogP contribution in [0.3, 0.4) is 0 Å². The molecular weight excluding hydrogens is 370 g/mol. The lowest BCUT2D eigenvalue weighted by molar-refractivity contribution is 1.11. The molecule has 1 aromatic carbocycles. The van der Waals surface area contributed by atoms with Gasteiger partial charge in [0, 0.05) is 16.0 Å². The van der Waals surface area contributed by atoms with Gasteiger partial charge in [-0.25, -0.2) is 4.98 Å².